The first kappa shape index (κ1) is 23.4. The number of nitrogens with zero attached hydrogens (tertiary/aromatic N) is 1. The Hall–Kier alpha value is -3.34. The summed E-state index contributed by atoms with van der Waals surface area (Å²) in [5.74, 6) is 1.25. The molecule has 0 atom stereocenters. The Morgan fingerprint density at radius 2 is 1.49 bits per heavy atom. The molecular formula is C30H33NO4. The standard InChI is InChI=1S/C30H33NO4/c1-19(2)35-26-16-15-21(17-27(26)34-3)28-29-22(11-7-13-24(29)32)31(18-20-9-5-4-6-10-20)23-12-8-14-25(33)30(23)28/h4-6,9-10,15-17,19,28H,7-8,11-14,18H2,1-3H3. The van der Waals surface area contributed by atoms with Crippen LogP contribution in [0.1, 0.15) is 69.4 Å². The molecule has 2 aliphatic carbocycles. The van der Waals surface area contributed by atoms with Crippen LogP contribution in [0.25, 0.3) is 0 Å². The zero-order chi connectivity index (χ0) is 24.5. The molecule has 0 bridgehead atoms. The fraction of sp³-hybridized carbons (Fsp3) is 0.400. The lowest BCUT2D eigenvalue weighted by molar-refractivity contribution is -0.117. The zero-order valence-electron chi connectivity index (χ0n) is 20.8. The van der Waals surface area contributed by atoms with Gasteiger partial charge >= 0.3 is 0 Å². The number of carbonyl (C=O) groups is 2. The predicted molar refractivity (Wildman–Crippen MR) is 135 cm³/mol. The third-order valence-corrected chi connectivity index (χ3v) is 7.15. The van der Waals surface area contributed by atoms with E-state index in [9.17, 15) is 9.59 Å². The molecule has 0 radical (unpaired) electrons. The second kappa shape index (κ2) is 9.73. The van der Waals surface area contributed by atoms with E-state index in [4.69, 9.17) is 9.47 Å². The minimum atomic E-state index is -0.352. The number of Topliss-reactive ketones (excluding diaryl/α,β-unsaturated/α-hetero) is 2. The van der Waals surface area contributed by atoms with E-state index >= 15 is 0 Å². The van der Waals surface area contributed by atoms with E-state index in [1.165, 1.54) is 5.56 Å². The van der Waals surface area contributed by atoms with Crippen LogP contribution in [0.4, 0.5) is 0 Å². The number of ether oxygens (including phenoxy) is 2. The number of carbonyl (C=O) groups excluding carboxylic acids is 2. The maximum absolute atomic E-state index is 13.5. The third kappa shape index (κ3) is 4.40. The van der Waals surface area contributed by atoms with Gasteiger partial charge in [-0.05, 0) is 62.8 Å². The van der Waals surface area contributed by atoms with Crippen LogP contribution >= 0.6 is 0 Å². The molecule has 182 valence electrons. The van der Waals surface area contributed by atoms with Crippen molar-refractivity contribution in [1.82, 2.24) is 4.90 Å². The average Bonchev–Trinajstić information content (AvgIpc) is 2.85. The number of methoxy groups -OCH3 is 1. The molecular weight excluding hydrogens is 438 g/mol. The van der Waals surface area contributed by atoms with E-state index in [2.05, 4.69) is 17.0 Å². The molecule has 0 spiro atoms. The molecule has 0 unspecified atom stereocenters. The zero-order valence-corrected chi connectivity index (χ0v) is 20.8. The number of rotatable bonds is 6. The lowest BCUT2D eigenvalue weighted by atomic mass is 9.71. The van der Waals surface area contributed by atoms with Crippen LogP contribution in [0, 0.1) is 0 Å². The minimum Gasteiger partial charge on any atom is -0.493 e. The van der Waals surface area contributed by atoms with E-state index in [1.807, 2.05) is 50.2 Å². The molecule has 35 heavy (non-hydrogen) atoms. The van der Waals surface area contributed by atoms with Gasteiger partial charge in [-0.25, -0.2) is 0 Å². The summed E-state index contributed by atoms with van der Waals surface area (Å²) in [6, 6.07) is 16.2. The highest BCUT2D eigenvalue weighted by atomic mass is 16.5. The lowest BCUT2D eigenvalue weighted by Gasteiger charge is -2.44. The molecule has 0 N–H and O–H groups in total. The second-order valence-corrected chi connectivity index (χ2v) is 9.86. The third-order valence-electron chi connectivity index (χ3n) is 7.15. The van der Waals surface area contributed by atoms with Gasteiger partial charge in [0.2, 0.25) is 0 Å². The number of benzene rings is 2. The van der Waals surface area contributed by atoms with Crippen LogP contribution < -0.4 is 9.47 Å². The Kier molecular flexibility index (Phi) is 6.50. The topological polar surface area (TPSA) is 55.8 Å². The first-order chi connectivity index (χ1) is 17.0. The van der Waals surface area contributed by atoms with Gasteiger partial charge in [-0.15, -0.1) is 0 Å². The van der Waals surface area contributed by atoms with Gasteiger partial charge in [0, 0.05) is 47.8 Å². The van der Waals surface area contributed by atoms with E-state index < -0.39 is 0 Å². The van der Waals surface area contributed by atoms with Gasteiger partial charge in [-0.3, -0.25) is 9.59 Å². The molecule has 0 saturated carbocycles. The highest BCUT2D eigenvalue weighted by molar-refractivity contribution is 6.06. The van der Waals surface area contributed by atoms with Crippen LogP contribution in [0.3, 0.4) is 0 Å². The molecule has 1 aliphatic heterocycles. The van der Waals surface area contributed by atoms with Gasteiger partial charge < -0.3 is 14.4 Å². The van der Waals surface area contributed by atoms with Crippen molar-refractivity contribution in [2.75, 3.05) is 7.11 Å². The molecule has 0 fully saturated rings. The highest BCUT2D eigenvalue weighted by Crippen LogP contribution is 2.50. The molecule has 3 aliphatic rings. The SMILES string of the molecule is COc1cc(C2C3=C(CCCC3=O)N(Cc3ccccc3)C3=C2C(=O)CCC3)ccc1OC(C)C. The smallest absolute Gasteiger partial charge is 0.161 e. The highest BCUT2D eigenvalue weighted by Gasteiger charge is 2.43. The summed E-state index contributed by atoms with van der Waals surface area (Å²) in [7, 11) is 1.63. The Labute approximate surface area is 207 Å². The van der Waals surface area contributed by atoms with E-state index in [0.29, 0.717) is 30.9 Å². The Morgan fingerprint density at radius 1 is 0.857 bits per heavy atom. The minimum absolute atomic E-state index is 0.0134. The first-order valence-corrected chi connectivity index (χ1v) is 12.7. The molecule has 5 heteroatoms. The van der Waals surface area contributed by atoms with Crippen molar-refractivity contribution in [2.24, 2.45) is 0 Å². The summed E-state index contributed by atoms with van der Waals surface area (Å²) >= 11 is 0. The van der Waals surface area contributed by atoms with Gasteiger partial charge in [0.15, 0.2) is 23.1 Å². The lowest BCUT2D eigenvalue weighted by Crippen LogP contribution is -2.38. The summed E-state index contributed by atoms with van der Waals surface area (Å²) < 4.78 is 11.6. The summed E-state index contributed by atoms with van der Waals surface area (Å²) in [5, 5.41) is 0. The van der Waals surface area contributed by atoms with Gasteiger partial charge in [-0.1, -0.05) is 36.4 Å². The predicted octanol–water partition coefficient (Wildman–Crippen LogP) is 6.10. The van der Waals surface area contributed by atoms with E-state index in [-0.39, 0.29) is 23.6 Å². The molecule has 1 heterocycles. The normalized spacial score (nSPS) is 18.7. The largest absolute Gasteiger partial charge is 0.493 e. The quantitative estimate of drug-likeness (QED) is 0.510. The fourth-order valence-corrected chi connectivity index (χ4v) is 5.72. The van der Waals surface area contributed by atoms with Crippen molar-refractivity contribution in [1.29, 1.82) is 0 Å². The van der Waals surface area contributed by atoms with Crippen molar-refractivity contribution in [3.63, 3.8) is 0 Å². The Morgan fingerprint density at radius 3 is 2.06 bits per heavy atom. The van der Waals surface area contributed by atoms with Gasteiger partial charge in [-0.2, -0.15) is 0 Å². The molecule has 0 aromatic heterocycles. The first-order valence-electron chi connectivity index (χ1n) is 12.7. The van der Waals surface area contributed by atoms with Crippen molar-refractivity contribution < 1.29 is 19.1 Å². The van der Waals surface area contributed by atoms with E-state index in [1.54, 1.807) is 7.11 Å². The maximum Gasteiger partial charge on any atom is 0.161 e. The molecule has 5 nitrogen and oxygen atoms in total. The second-order valence-electron chi connectivity index (χ2n) is 9.86. The fourth-order valence-electron chi connectivity index (χ4n) is 5.72. The summed E-state index contributed by atoms with van der Waals surface area (Å²) in [5.41, 5.74) is 5.86. The summed E-state index contributed by atoms with van der Waals surface area (Å²) in [6.45, 7) is 4.63. The van der Waals surface area contributed by atoms with Crippen molar-refractivity contribution in [3.05, 3.63) is 82.2 Å². The molecule has 2 aromatic carbocycles. The van der Waals surface area contributed by atoms with Gasteiger partial charge in [0.25, 0.3) is 0 Å². The van der Waals surface area contributed by atoms with Crippen molar-refractivity contribution in [3.8, 4) is 11.5 Å². The number of allylic oxidation sites excluding steroid dienone is 4. The van der Waals surface area contributed by atoms with Crippen LogP contribution in [-0.4, -0.2) is 29.7 Å². The summed E-state index contributed by atoms with van der Waals surface area (Å²) in [4.78, 5) is 29.3. The Bertz CT molecular complexity index is 1160. The van der Waals surface area contributed by atoms with Crippen LogP contribution in [-0.2, 0) is 16.1 Å². The number of hydrogen-bond acceptors (Lipinski definition) is 5. The molecule has 2 aromatic rings. The van der Waals surface area contributed by atoms with Crippen molar-refractivity contribution in [2.45, 2.75) is 70.9 Å². The average molecular weight is 472 g/mol. The van der Waals surface area contributed by atoms with Crippen LogP contribution in [0.5, 0.6) is 11.5 Å². The molecule has 0 saturated heterocycles. The number of ketones is 2. The summed E-state index contributed by atoms with van der Waals surface area (Å²) in [6.07, 6.45) is 4.45. The monoisotopic (exact) mass is 471 g/mol. The maximum atomic E-state index is 13.5. The van der Waals surface area contributed by atoms with Crippen molar-refractivity contribution >= 4 is 11.6 Å². The Balaban J connectivity index is 1.67. The van der Waals surface area contributed by atoms with Crippen LogP contribution in [0.15, 0.2) is 71.1 Å². The van der Waals surface area contributed by atoms with Gasteiger partial charge in [0.05, 0.1) is 13.2 Å². The van der Waals surface area contributed by atoms with E-state index in [0.717, 1.165) is 53.8 Å². The molecule has 0 amide bonds. The molecule has 5 rings (SSSR count). The van der Waals surface area contributed by atoms with Crippen LogP contribution in [0.2, 0.25) is 0 Å². The number of hydrogen-bond donors (Lipinski definition) is 0. The van der Waals surface area contributed by atoms with Gasteiger partial charge in [0.1, 0.15) is 0 Å².